The zero-order valence-electron chi connectivity index (χ0n) is 24.8. The Morgan fingerprint density at radius 1 is 1.09 bits per heavy atom. The van der Waals surface area contributed by atoms with E-state index in [0.717, 1.165) is 0 Å². The molecule has 2 atom stereocenters. The van der Waals surface area contributed by atoms with E-state index in [0.29, 0.717) is 46.9 Å². The standard InChI is InChI=1S/C31H36N6O7/c1-40-25-10-6-9-22(18-25)28-31(30(39)36-33-20-27(41-2)42-3,19-23-8-4-5-11-26(23)35-37-32)34-29(44-28)21-12-14-24(15-13-21)43-17-7-16-38/h4-6,8-15,18,27-28,33,38H,7,16-17,19-20H2,1-3H3,(H,36,39)/t28-,31-/m0/s1. The third kappa shape index (κ3) is 7.64. The molecule has 44 heavy (non-hydrogen) atoms. The van der Waals surface area contributed by atoms with Gasteiger partial charge in [0, 0.05) is 49.8 Å². The number of hydrogen-bond donors (Lipinski definition) is 3. The monoisotopic (exact) mass is 604 g/mol. The molecule has 0 fully saturated rings. The Morgan fingerprint density at radius 2 is 1.86 bits per heavy atom. The highest BCUT2D eigenvalue weighted by molar-refractivity contribution is 6.01. The van der Waals surface area contributed by atoms with Gasteiger partial charge in [-0.2, -0.15) is 0 Å². The molecule has 0 saturated carbocycles. The van der Waals surface area contributed by atoms with Crippen LogP contribution in [0, 0.1) is 0 Å². The summed E-state index contributed by atoms with van der Waals surface area (Å²) in [7, 11) is 4.55. The molecule has 0 bridgehead atoms. The zero-order chi connectivity index (χ0) is 31.4. The van der Waals surface area contributed by atoms with Crippen LogP contribution in [-0.4, -0.2) is 69.8 Å². The van der Waals surface area contributed by atoms with Crippen molar-refractivity contribution >= 4 is 17.5 Å². The van der Waals surface area contributed by atoms with E-state index in [-0.39, 0.29) is 25.5 Å². The molecule has 3 aromatic rings. The van der Waals surface area contributed by atoms with Crippen molar-refractivity contribution in [1.82, 2.24) is 10.9 Å². The summed E-state index contributed by atoms with van der Waals surface area (Å²) in [6, 6.07) is 21.4. The minimum Gasteiger partial charge on any atom is -0.497 e. The summed E-state index contributed by atoms with van der Waals surface area (Å²) in [4.78, 5) is 22.2. The lowest BCUT2D eigenvalue weighted by atomic mass is 9.81. The third-order valence-electron chi connectivity index (χ3n) is 7.03. The Kier molecular flexibility index (Phi) is 11.5. The lowest BCUT2D eigenvalue weighted by Crippen LogP contribution is -2.55. The number of carbonyl (C=O) groups excluding carboxylic acids is 1. The molecular weight excluding hydrogens is 568 g/mol. The fraction of sp³-hybridized carbons (Fsp3) is 0.355. The van der Waals surface area contributed by atoms with Crippen LogP contribution >= 0.6 is 0 Å². The maximum absolute atomic E-state index is 14.3. The number of hydrazine groups is 1. The second-order valence-electron chi connectivity index (χ2n) is 9.80. The molecule has 13 nitrogen and oxygen atoms in total. The topological polar surface area (TPSA) is 169 Å². The summed E-state index contributed by atoms with van der Waals surface area (Å²) < 4.78 is 28.1. The van der Waals surface area contributed by atoms with E-state index in [1.165, 1.54) is 14.2 Å². The Hall–Kier alpha value is -4.65. The van der Waals surface area contributed by atoms with Crippen molar-refractivity contribution in [3.63, 3.8) is 0 Å². The number of aliphatic hydroxyl groups excluding tert-OH is 1. The molecule has 0 radical (unpaired) electrons. The number of ether oxygens (including phenoxy) is 5. The maximum atomic E-state index is 14.3. The molecule has 1 aliphatic rings. The van der Waals surface area contributed by atoms with Gasteiger partial charge in [0.05, 0.1) is 20.3 Å². The van der Waals surface area contributed by atoms with Gasteiger partial charge in [-0.25, -0.2) is 10.4 Å². The molecule has 13 heteroatoms. The number of nitrogens with one attached hydrogen (secondary N) is 2. The molecule has 0 unspecified atom stereocenters. The number of rotatable bonds is 16. The van der Waals surface area contributed by atoms with Gasteiger partial charge in [-0.15, -0.1) is 0 Å². The van der Waals surface area contributed by atoms with Crippen LogP contribution in [0.1, 0.15) is 29.2 Å². The van der Waals surface area contributed by atoms with E-state index in [9.17, 15) is 10.3 Å². The predicted molar refractivity (Wildman–Crippen MR) is 163 cm³/mol. The van der Waals surface area contributed by atoms with Crippen molar-refractivity contribution < 1.29 is 33.6 Å². The van der Waals surface area contributed by atoms with E-state index in [4.69, 9.17) is 33.8 Å². The normalized spacial score (nSPS) is 17.4. The largest absolute Gasteiger partial charge is 0.497 e. The Morgan fingerprint density at radius 3 is 2.57 bits per heavy atom. The summed E-state index contributed by atoms with van der Waals surface area (Å²) in [6.45, 7) is 0.565. The van der Waals surface area contributed by atoms with Crippen molar-refractivity contribution in [3.05, 3.63) is 99.9 Å². The first-order chi connectivity index (χ1) is 21.5. The molecule has 3 aromatic carbocycles. The molecule has 0 aromatic heterocycles. The van der Waals surface area contributed by atoms with E-state index in [1.54, 1.807) is 67.8 Å². The van der Waals surface area contributed by atoms with Crippen LogP contribution in [0.2, 0.25) is 0 Å². The van der Waals surface area contributed by atoms with Crippen LogP contribution in [0.3, 0.4) is 0 Å². The number of aliphatic hydroxyl groups is 1. The molecule has 0 aliphatic carbocycles. The summed E-state index contributed by atoms with van der Waals surface area (Å²) in [6.07, 6.45) is -0.975. The second kappa shape index (κ2) is 15.7. The zero-order valence-corrected chi connectivity index (χ0v) is 24.8. The summed E-state index contributed by atoms with van der Waals surface area (Å²) in [5.74, 6) is 0.940. The molecule has 1 amide bonds. The highest BCUT2D eigenvalue weighted by Gasteiger charge is 2.53. The molecule has 232 valence electrons. The lowest BCUT2D eigenvalue weighted by molar-refractivity contribution is -0.131. The van der Waals surface area contributed by atoms with Gasteiger partial charge in [-0.1, -0.05) is 41.5 Å². The molecule has 0 saturated heterocycles. The van der Waals surface area contributed by atoms with Gasteiger partial charge < -0.3 is 28.8 Å². The van der Waals surface area contributed by atoms with Crippen LogP contribution < -0.4 is 20.3 Å². The van der Waals surface area contributed by atoms with Gasteiger partial charge in [0.2, 0.25) is 5.90 Å². The second-order valence-corrected chi connectivity index (χ2v) is 9.80. The Labute approximate surface area is 255 Å². The van der Waals surface area contributed by atoms with Crippen molar-refractivity contribution in [2.45, 2.75) is 30.8 Å². The van der Waals surface area contributed by atoms with Crippen LogP contribution in [0.5, 0.6) is 11.5 Å². The lowest BCUT2D eigenvalue weighted by Gasteiger charge is -2.31. The average Bonchev–Trinajstić information content (AvgIpc) is 3.45. The Bertz CT molecular complexity index is 1470. The maximum Gasteiger partial charge on any atom is 0.266 e. The fourth-order valence-corrected chi connectivity index (χ4v) is 4.77. The molecule has 4 rings (SSSR count). The number of aliphatic imine (C=N–C) groups is 1. The minimum absolute atomic E-state index is 0.0292. The number of methoxy groups -OCH3 is 3. The van der Waals surface area contributed by atoms with E-state index >= 15 is 0 Å². The first kappa shape index (κ1) is 32.3. The SMILES string of the molecule is COc1cccc([C@@H]2OC(c3ccc(OCCCO)cc3)=N[C@]2(Cc2ccccc2N=[N+]=[N-])C(=O)NNCC(OC)OC)c1. The van der Waals surface area contributed by atoms with Crippen molar-refractivity contribution in [1.29, 1.82) is 0 Å². The number of carbonyl (C=O) groups is 1. The van der Waals surface area contributed by atoms with Crippen LogP contribution in [-0.2, 0) is 25.4 Å². The Balaban J connectivity index is 1.81. The average molecular weight is 605 g/mol. The van der Waals surface area contributed by atoms with Gasteiger partial charge in [0.25, 0.3) is 5.91 Å². The molecule has 1 aliphatic heterocycles. The van der Waals surface area contributed by atoms with E-state index < -0.39 is 23.8 Å². The summed E-state index contributed by atoms with van der Waals surface area (Å²) in [5.41, 5.74) is 15.5. The van der Waals surface area contributed by atoms with Crippen LogP contribution in [0.4, 0.5) is 5.69 Å². The molecule has 0 spiro atoms. The van der Waals surface area contributed by atoms with Gasteiger partial charge in [-0.05, 0) is 53.1 Å². The van der Waals surface area contributed by atoms with Crippen molar-refractivity contribution in [2.75, 3.05) is 41.1 Å². The highest BCUT2D eigenvalue weighted by Crippen LogP contribution is 2.44. The van der Waals surface area contributed by atoms with Crippen LogP contribution in [0.25, 0.3) is 10.4 Å². The predicted octanol–water partition coefficient (Wildman–Crippen LogP) is 4.14. The fourth-order valence-electron chi connectivity index (χ4n) is 4.77. The van der Waals surface area contributed by atoms with Gasteiger partial charge in [0.15, 0.2) is 17.9 Å². The van der Waals surface area contributed by atoms with Gasteiger partial charge >= 0.3 is 0 Å². The third-order valence-corrected chi connectivity index (χ3v) is 7.03. The minimum atomic E-state index is -1.57. The molecule has 1 heterocycles. The van der Waals surface area contributed by atoms with Crippen molar-refractivity contribution in [2.24, 2.45) is 10.1 Å². The summed E-state index contributed by atoms with van der Waals surface area (Å²) >= 11 is 0. The van der Waals surface area contributed by atoms with E-state index in [2.05, 4.69) is 20.9 Å². The number of nitrogens with zero attached hydrogens (tertiary/aromatic N) is 4. The van der Waals surface area contributed by atoms with Gasteiger partial charge in [-0.3, -0.25) is 10.2 Å². The van der Waals surface area contributed by atoms with E-state index in [1.807, 2.05) is 12.1 Å². The first-order valence-electron chi connectivity index (χ1n) is 13.9. The molecular formula is C31H36N6O7. The highest BCUT2D eigenvalue weighted by atomic mass is 16.7. The van der Waals surface area contributed by atoms with Crippen LogP contribution in [0.15, 0.2) is 82.9 Å². The number of amides is 1. The first-order valence-corrected chi connectivity index (χ1v) is 13.9. The number of benzene rings is 3. The quantitative estimate of drug-likeness (QED) is 0.0547. The summed E-state index contributed by atoms with van der Waals surface area (Å²) in [5, 5.41) is 12.9. The smallest absolute Gasteiger partial charge is 0.266 e. The number of hydrogen-bond acceptors (Lipinski definition) is 10. The van der Waals surface area contributed by atoms with Gasteiger partial charge in [0.1, 0.15) is 11.5 Å². The number of azide groups is 1. The van der Waals surface area contributed by atoms with Crippen molar-refractivity contribution in [3.8, 4) is 11.5 Å². The molecule has 3 N–H and O–H groups in total.